The Balaban J connectivity index is 1.61. The average molecular weight is 396 g/mol. The average Bonchev–Trinajstić information content (AvgIpc) is 2.79. The predicted octanol–water partition coefficient (Wildman–Crippen LogP) is 5.62. The molecule has 0 bridgehead atoms. The van der Waals surface area contributed by atoms with Gasteiger partial charge in [0.2, 0.25) is 5.95 Å². The molecule has 1 heterocycles. The third kappa shape index (κ3) is 4.75. The first-order chi connectivity index (χ1) is 14.7. The number of nitrogens with one attached hydrogen (secondary N) is 1. The summed E-state index contributed by atoms with van der Waals surface area (Å²) in [5.74, 6) is 1.41. The molecule has 150 valence electrons. The van der Waals surface area contributed by atoms with Gasteiger partial charge in [0.25, 0.3) is 0 Å². The second-order valence-corrected chi connectivity index (χ2v) is 7.21. The van der Waals surface area contributed by atoms with Crippen LogP contribution >= 0.6 is 0 Å². The fourth-order valence-corrected chi connectivity index (χ4v) is 3.21. The van der Waals surface area contributed by atoms with E-state index in [1.807, 2.05) is 56.6 Å². The number of hydrogen-bond acceptors (Lipinski definition) is 5. The van der Waals surface area contributed by atoms with Gasteiger partial charge in [0.15, 0.2) is 0 Å². The van der Waals surface area contributed by atoms with Crippen molar-refractivity contribution in [2.45, 2.75) is 6.54 Å². The maximum Gasteiger partial charge on any atom is 0.229 e. The first kappa shape index (κ1) is 19.5. The number of para-hydroxylation sites is 1. The number of anilines is 5. The molecule has 4 rings (SSSR count). The highest BCUT2D eigenvalue weighted by Gasteiger charge is 2.12. The van der Waals surface area contributed by atoms with E-state index in [0.29, 0.717) is 5.95 Å². The highest BCUT2D eigenvalue weighted by Crippen LogP contribution is 2.27. The molecule has 0 aliphatic carbocycles. The van der Waals surface area contributed by atoms with E-state index in [0.717, 1.165) is 29.4 Å². The van der Waals surface area contributed by atoms with Crippen LogP contribution in [0.4, 0.5) is 28.8 Å². The molecular formula is C25H25N5. The van der Waals surface area contributed by atoms with Crippen molar-refractivity contribution in [2.75, 3.05) is 29.2 Å². The summed E-state index contributed by atoms with van der Waals surface area (Å²) in [6.07, 6.45) is 1.79. The van der Waals surface area contributed by atoms with Gasteiger partial charge >= 0.3 is 0 Å². The van der Waals surface area contributed by atoms with Gasteiger partial charge in [-0.05, 0) is 48.0 Å². The molecule has 5 nitrogen and oxygen atoms in total. The smallest absolute Gasteiger partial charge is 0.229 e. The topological polar surface area (TPSA) is 44.3 Å². The van der Waals surface area contributed by atoms with E-state index in [1.54, 1.807) is 6.20 Å². The molecule has 1 N–H and O–H groups in total. The number of hydrogen-bond donors (Lipinski definition) is 1. The van der Waals surface area contributed by atoms with Crippen LogP contribution in [0.3, 0.4) is 0 Å². The summed E-state index contributed by atoms with van der Waals surface area (Å²) in [5, 5.41) is 3.31. The predicted molar refractivity (Wildman–Crippen MR) is 125 cm³/mol. The van der Waals surface area contributed by atoms with Gasteiger partial charge in [-0.15, -0.1) is 0 Å². The van der Waals surface area contributed by atoms with Crippen molar-refractivity contribution in [3.8, 4) is 0 Å². The SMILES string of the molecule is CN(C)c1ccc(Nc2nccc(N(Cc3ccccc3)c3ccccc3)n2)cc1. The molecule has 0 unspecified atom stereocenters. The van der Waals surface area contributed by atoms with Crippen molar-refractivity contribution in [3.05, 3.63) is 103 Å². The van der Waals surface area contributed by atoms with Crippen LogP contribution in [0.15, 0.2) is 97.2 Å². The lowest BCUT2D eigenvalue weighted by atomic mass is 10.2. The lowest BCUT2D eigenvalue weighted by molar-refractivity contribution is 0.940. The van der Waals surface area contributed by atoms with Crippen molar-refractivity contribution >= 4 is 28.8 Å². The van der Waals surface area contributed by atoms with Crippen LogP contribution in [0.1, 0.15) is 5.56 Å². The minimum atomic E-state index is 0.569. The first-order valence-electron chi connectivity index (χ1n) is 9.93. The molecule has 1 aromatic heterocycles. The van der Waals surface area contributed by atoms with Gasteiger partial charge in [-0.1, -0.05) is 48.5 Å². The Morgan fingerprint density at radius 1 is 0.733 bits per heavy atom. The normalized spacial score (nSPS) is 10.5. The van der Waals surface area contributed by atoms with Crippen LogP contribution in [-0.2, 0) is 6.54 Å². The standard InChI is InChI=1S/C25H25N5/c1-29(2)22-15-13-21(14-16-22)27-25-26-18-17-24(28-25)30(23-11-7-4-8-12-23)19-20-9-5-3-6-10-20/h3-18H,19H2,1-2H3,(H,26,27,28). The number of benzene rings is 3. The third-order valence-electron chi connectivity index (χ3n) is 4.81. The Morgan fingerprint density at radius 3 is 2.07 bits per heavy atom. The lowest BCUT2D eigenvalue weighted by Gasteiger charge is -2.24. The molecule has 0 aliphatic rings. The van der Waals surface area contributed by atoms with Gasteiger partial charge in [-0.3, -0.25) is 0 Å². The summed E-state index contributed by atoms with van der Waals surface area (Å²) in [4.78, 5) is 13.5. The Morgan fingerprint density at radius 2 is 1.40 bits per heavy atom. The van der Waals surface area contributed by atoms with Crippen LogP contribution in [-0.4, -0.2) is 24.1 Å². The minimum Gasteiger partial charge on any atom is -0.378 e. The summed E-state index contributed by atoms with van der Waals surface area (Å²) in [6, 6.07) is 30.8. The van der Waals surface area contributed by atoms with E-state index in [1.165, 1.54) is 5.56 Å². The van der Waals surface area contributed by atoms with Crippen molar-refractivity contribution in [1.82, 2.24) is 9.97 Å². The molecule has 0 amide bonds. The van der Waals surface area contributed by atoms with Crippen molar-refractivity contribution in [1.29, 1.82) is 0 Å². The Labute approximate surface area is 177 Å². The van der Waals surface area contributed by atoms with Crippen molar-refractivity contribution in [2.24, 2.45) is 0 Å². The zero-order valence-corrected chi connectivity index (χ0v) is 17.2. The van der Waals surface area contributed by atoms with Crippen LogP contribution in [0, 0.1) is 0 Å². The van der Waals surface area contributed by atoms with Crippen LogP contribution < -0.4 is 15.1 Å². The maximum atomic E-state index is 4.79. The van der Waals surface area contributed by atoms with Gasteiger partial charge in [0.1, 0.15) is 5.82 Å². The van der Waals surface area contributed by atoms with Crippen molar-refractivity contribution in [3.63, 3.8) is 0 Å². The van der Waals surface area contributed by atoms with Gasteiger partial charge in [-0.2, -0.15) is 4.98 Å². The van der Waals surface area contributed by atoms with E-state index in [9.17, 15) is 0 Å². The number of rotatable bonds is 7. The zero-order valence-electron chi connectivity index (χ0n) is 17.2. The molecule has 0 spiro atoms. The summed E-state index contributed by atoms with van der Waals surface area (Å²) < 4.78 is 0. The molecule has 0 saturated heterocycles. The third-order valence-corrected chi connectivity index (χ3v) is 4.81. The molecule has 0 fully saturated rings. The van der Waals surface area contributed by atoms with Gasteiger partial charge in [0, 0.05) is 43.9 Å². The largest absolute Gasteiger partial charge is 0.378 e. The molecule has 3 aromatic carbocycles. The highest BCUT2D eigenvalue weighted by atomic mass is 15.2. The van der Waals surface area contributed by atoms with Gasteiger partial charge in [-0.25, -0.2) is 4.98 Å². The summed E-state index contributed by atoms with van der Waals surface area (Å²) in [7, 11) is 4.06. The fourth-order valence-electron chi connectivity index (χ4n) is 3.21. The van der Waals surface area contributed by atoms with E-state index in [2.05, 4.69) is 68.6 Å². The van der Waals surface area contributed by atoms with E-state index < -0.39 is 0 Å². The van der Waals surface area contributed by atoms with E-state index in [4.69, 9.17) is 4.98 Å². The minimum absolute atomic E-state index is 0.569. The molecule has 0 aliphatic heterocycles. The molecular weight excluding hydrogens is 370 g/mol. The molecule has 0 radical (unpaired) electrons. The van der Waals surface area contributed by atoms with E-state index >= 15 is 0 Å². The molecule has 4 aromatic rings. The second kappa shape index (κ2) is 9.09. The summed E-state index contributed by atoms with van der Waals surface area (Å²) in [6.45, 7) is 0.721. The quantitative estimate of drug-likeness (QED) is 0.440. The highest BCUT2D eigenvalue weighted by molar-refractivity contribution is 5.63. The zero-order chi connectivity index (χ0) is 20.8. The Hall–Kier alpha value is -3.86. The number of nitrogens with zero attached hydrogens (tertiary/aromatic N) is 4. The lowest BCUT2D eigenvalue weighted by Crippen LogP contribution is -2.18. The van der Waals surface area contributed by atoms with Crippen LogP contribution in [0.2, 0.25) is 0 Å². The Kier molecular flexibility index (Phi) is 5.90. The molecule has 0 saturated carbocycles. The summed E-state index contributed by atoms with van der Waals surface area (Å²) >= 11 is 0. The Bertz CT molecular complexity index is 1060. The van der Waals surface area contributed by atoms with Gasteiger partial charge in [0.05, 0.1) is 0 Å². The van der Waals surface area contributed by atoms with Crippen molar-refractivity contribution < 1.29 is 0 Å². The number of aromatic nitrogens is 2. The summed E-state index contributed by atoms with van der Waals surface area (Å²) in [5.41, 5.74) is 4.40. The monoisotopic (exact) mass is 395 g/mol. The van der Waals surface area contributed by atoms with Gasteiger partial charge < -0.3 is 15.1 Å². The molecule has 0 atom stereocenters. The molecule has 5 heteroatoms. The second-order valence-electron chi connectivity index (χ2n) is 7.21. The van der Waals surface area contributed by atoms with Crippen LogP contribution in [0.25, 0.3) is 0 Å². The van der Waals surface area contributed by atoms with E-state index in [-0.39, 0.29) is 0 Å². The maximum absolute atomic E-state index is 4.79. The van der Waals surface area contributed by atoms with Crippen LogP contribution in [0.5, 0.6) is 0 Å². The molecule has 30 heavy (non-hydrogen) atoms. The first-order valence-corrected chi connectivity index (χ1v) is 9.93. The fraction of sp³-hybridized carbons (Fsp3) is 0.120.